The van der Waals surface area contributed by atoms with Crippen LogP contribution in [0.5, 0.6) is 11.5 Å². The molecule has 0 radical (unpaired) electrons. The van der Waals surface area contributed by atoms with Crippen LogP contribution < -0.4 is 9.47 Å². The molecule has 0 unspecified atom stereocenters. The molecule has 3 aromatic carbocycles. The van der Waals surface area contributed by atoms with E-state index in [9.17, 15) is 5.26 Å². The maximum absolute atomic E-state index is 9.94. The minimum absolute atomic E-state index is 0.361. The summed E-state index contributed by atoms with van der Waals surface area (Å²) in [6, 6.07) is 24.3. The summed E-state index contributed by atoms with van der Waals surface area (Å²) in [6.07, 6.45) is 2.64. The molecule has 1 aromatic heterocycles. The van der Waals surface area contributed by atoms with Gasteiger partial charge in [0.25, 0.3) is 0 Å². The van der Waals surface area contributed by atoms with Crippen LogP contribution in [0.25, 0.3) is 0 Å². The molecule has 8 heteroatoms. The summed E-state index contributed by atoms with van der Waals surface area (Å²) in [5, 5.41) is 11.4. The van der Waals surface area contributed by atoms with Gasteiger partial charge in [-0.15, -0.1) is 11.3 Å². The van der Waals surface area contributed by atoms with E-state index in [1.54, 1.807) is 17.6 Å². The molecule has 0 aliphatic carbocycles. The van der Waals surface area contributed by atoms with Gasteiger partial charge in [-0.3, -0.25) is 4.90 Å². The number of nitrogens with zero attached hydrogens (tertiary/aromatic N) is 3. The summed E-state index contributed by atoms with van der Waals surface area (Å²) in [5.41, 5.74) is 4.94. The van der Waals surface area contributed by atoms with Crippen LogP contribution in [0.1, 0.15) is 39.6 Å². The van der Waals surface area contributed by atoms with Crippen LogP contribution in [0.4, 0.5) is 5.00 Å². The molecule has 1 aliphatic heterocycles. The lowest BCUT2D eigenvalue weighted by atomic mass is 10.0. The minimum atomic E-state index is 0.361. The van der Waals surface area contributed by atoms with Gasteiger partial charge in [-0.2, -0.15) is 5.26 Å². The normalized spacial score (nSPS) is 13.3. The topological polar surface area (TPSA) is 57.8 Å². The average molecular weight is 621 g/mol. The number of rotatable bonds is 9. The van der Waals surface area contributed by atoms with Crippen LogP contribution in [-0.4, -0.2) is 24.3 Å². The summed E-state index contributed by atoms with van der Waals surface area (Å²) in [6.45, 7) is 5.45. The smallest absolute Gasteiger partial charge is 0.175 e. The first-order valence-corrected chi connectivity index (χ1v) is 14.7. The zero-order chi connectivity index (χ0) is 27.2. The maximum Gasteiger partial charge on any atom is 0.175 e. The summed E-state index contributed by atoms with van der Waals surface area (Å²) in [7, 11) is 0. The molecular weight excluding hydrogens is 594 g/mol. The lowest BCUT2D eigenvalue weighted by Gasteiger charge is -2.26. The Labute approximate surface area is 246 Å². The van der Waals surface area contributed by atoms with Crippen molar-refractivity contribution in [2.75, 3.05) is 13.2 Å². The van der Waals surface area contributed by atoms with Crippen molar-refractivity contribution in [2.45, 2.75) is 33.0 Å². The summed E-state index contributed by atoms with van der Waals surface area (Å²) < 4.78 is 12.8. The predicted octanol–water partition coefficient (Wildman–Crippen LogP) is 8.32. The van der Waals surface area contributed by atoms with Gasteiger partial charge in [0.1, 0.15) is 17.7 Å². The van der Waals surface area contributed by atoms with E-state index >= 15 is 0 Å². The van der Waals surface area contributed by atoms with E-state index in [4.69, 9.17) is 26.1 Å². The number of thiophene rings is 1. The van der Waals surface area contributed by atoms with Gasteiger partial charge < -0.3 is 9.47 Å². The molecule has 0 fully saturated rings. The highest BCUT2D eigenvalue weighted by molar-refractivity contribution is 9.10. The van der Waals surface area contributed by atoms with E-state index in [2.05, 4.69) is 51.2 Å². The molecule has 1 aliphatic rings. The third kappa shape index (κ3) is 6.71. The Bertz CT molecular complexity index is 1530. The van der Waals surface area contributed by atoms with E-state index in [0.717, 1.165) is 52.2 Å². The van der Waals surface area contributed by atoms with Gasteiger partial charge in [0, 0.05) is 35.7 Å². The van der Waals surface area contributed by atoms with Gasteiger partial charge in [0.05, 0.1) is 16.6 Å². The van der Waals surface area contributed by atoms with E-state index < -0.39 is 0 Å². The van der Waals surface area contributed by atoms with Gasteiger partial charge in [-0.05, 0) is 75.8 Å². The first-order chi connectivity index (χ1) is 19.0. The summed E-state index contributed by atoms with van der Waals surface area (Å²) in [4.78, 5) is 8.41. The molecule has 4 aromatic rings. The molecule has 0 atom stereocenters. The van der Waals surface area contributed by atoms with E-state index in [1.807, 2.05) is 49.4 Å². The number of hydrogen-bond donors (Lipinski definition) is 0. The zero-order valence-corrected chi connectivity index (χ0v) is 24.7. The highest BCUT2D eigenvalue weighted by atomic mass is 79.9. The molecule has 0 amide bonds. The SMILES string of the molecule is CCOc1cc(C=Nc2sc3c(c2C#N)CCN(Cc2ccccc2)C3)cc(Br)c1OCc1cccc(Cl)c1. The Morgan fingerprint density at radius 3 is 2.69 bits per heavy atom. The third-order valence-corrected chi connectivity index (χ3v) is 8.36. The molecular formula is C31H27BrClN3O2S. The Morgan fingerprint density at radius 1 is 1.10 bits per heavy atom. The quantitative estimate of drug-likeness (QED) is 0.177. The van der Waals surface area contributed by atoms with Gasteiger partial charge >= 0.3 is 0 Å². The summed E-state index contributed by atoms with van der Waals surface area (Å²) in [5.74, 6) is 1.25. The van der Waals surface area contributed by atoms with Crippen LogP contribution in [0.3, 0.4) is 0 Å². The first-order valence-electron chi connectivity index (χ1n) is 12.7. The number of halogens is 2. The second-order valence-electron chi connectivity index (χ2n) is 9.18. The third-order valence-electron chi connectivity index (χ3n) is 6.41. The molecule has 0 bridgehead atoms. The lowest BCUT2D eigenvalue weighted by Crippen LogP contribution is -2.29. The van der Waals surface area contributed by atoms with Crippen molar-refractivity contribution >= 4 is 50.1 Å². The lowest BCUT2D eigenvalue weighted by molar-refractivity contribution is 0.249. The number of aliphatic imine (C=N–C) groups is 1. The first kappa shape index (κ1) is 27.4. The van der Waals surface area contributed by atoms with Gasteiger partial charge in [-0.25, -0.2) is 4.99 Å². The molecule has 39 heavy (non-hydrogen) atoms. The van der Waals surface area contributed by atoms with Crippen LogP contribution in [-0.2, 0) is 26.1 Å². The number of hydrogen-bond acceptors (Lipinski definition) is 6. The largest absolute Gasteiger partial charge is 0.490 e. The fraction of sp³-hybridized carbons (Fsp3) is 0.226. The fourth-order valence-corrected chi connectivity index (χ4v) is 6.58. The Balaban J connectivity index is 1.34. The van der Waals surface area contributed by atoms with E-state index in [1.165, 1.54) is 10.4 Å². The van der Waals surface area contributed by atoms with Crippen LogP contribution in [0.2, 0.25) is 5.02 Å². The Kier molecular flexibility index (Phi) is 9.00. The van der Waals surface area contributed by atoms with Crippen molar-refractivity contribution in [3.8, 4) is 17.6 Å². The highest BCUT2D eigenvalue weighted by Gasteiger charge is 2.24. The Hall–Kier alpha value is -3.15. The van der Waals surface area contributed by atoms with Crippen LogP contribution >= 0.6 is 38.9 Å². The van der Waals surface area contributed by atoms with Gasteiger partial charge in [-0.1, -0.05) is 54.1 Å². The average Bonchev–Trinajstić information content (AvgIpc) is 3.29. The molecule has 0 saturated carbocycles. The molecule has 198 valence electrons. The molecule has 2 heterocycles. The van der Waals surface area contributed by atoms with Gasteiger partial charge in [0.2, 0.25) is 0 Å². The van der Waals surface area contributed by atoms with Crippen LogP contribution in [0, 0.1) is 11.3 Å². The standard InChI is InChI=1S/C31H27BrClN3O2S/c1-2-37-28-15-23(14-27(32)30(28)38-20-22-9-6-10-24(33)13-22)17-35-31-26(16-34)25-11-12-36(19-29(25)39-31)18-21-7-4-3-5-8-21/h3-10,13-15,17H,2,11-12,18-20H2,1H3. The van der Waals surface area contributed by atoms with Crippen molar-refractivity contribution in [1.82, 2.24) is 4.90 Å². The van der Waals surface area contributed by atoms with E-state index in [0.29, 0.717) is 35.3 Å². The van der Waals surface area contributed by atoms with Gasteiger partial charge in [0.15, 0.2) is 11.5 Å². The molecule has 0 saturated heterocycles. The second-order valence-corrected chi connectivity index (χ2v) is 11.6. The maximum atomic E-state index is 9.94. The Morgan fingerprint density at radius 2 is 1.92 bits per heavy atom. The number of ether oxygens (including phenoxy) is 2. The minimum Gasteiger partial charge on any atom is -0.490 e. The number of benzene rings is 3. The molecule has 0 N–H and O–H groups in total. The second kappa shape index (κ2) is 12.8. The van der Waals surface area contributed by atoms with Crippen molar-refractivity contribution in [3.63, 3.8) is 0 Å². The van der Waals surface area contributed by atoms with E-state index in [-0.39, 0.29) is 0 Å². The molecule has 5 nitrogen and oxygen atoms in total. The predicted molar refractivity (Wildman–Crippen MR) is 162 cm³/mol. The fourth-order valence-electron chi connectivity index (χ4n) is 4.61. The number of nitriles is 1. The van der Waals surface area contributed by atoms with Crippen molar-refractivity contribution < 1.29 is 9.47 Å². The number of fused-ring (bicyclic) bond motifs is 1. The van der Waals surface area contributed by atoms with Crippen molar-refractivity contribution in [2.24, 2.45) is 4.99 Å². The highest BCUT2D eigenvalue weighted by Crippen LogP contribution is 2.40. The summed E-state index contributed by atoms with van der Waals surface area (Å²) >= 11 is 11.4. The molecule has 5 rings (SSSR count). The zero-order valence-electron chi connectivity index (χ0n) is 21.5. The monoisotopic (exact) mass is 619 g/mol. The molecule has 0 spiro atoms. The van der Waals surface area contributed by atoms with Crippen molar-refractivity contribution in [1.29, 1.82) is 5.26 Å². The van der Waals surface area contributed by atoms with Crippen molar-refractivity contribution in [3.05, 3.63) is 109 Å². The van der Waals surface area contributed by atoms with Crippen LogP contribution in [0.15, 0.2) is 76.2 Å².